The molecule has 3 N–H and O–H groups in total. The number of halogens is 2. The molecule has 0 aliphatic rings. The van der Waals surface area contributed by atoms with Gasteiger partial charge in [-0.2, -0.15) is 0 Å². The van der Waals surface area contributed by atoms with Gasteiger partial charge in [0.25, 0.3) is 11.8 Å². The molecule has 7 nitrogen and oxygen atoms in total. The van der Waals surface area contributed by atoms with Gasteiger partial charge in [0.1, 0.15) is 5.70 Å². The summed E-state index contributed by atoms with van der Waals surface area (Å²) in [7, 11) is 0. The molecule has 0 aliphatic carbocycles. The Bertz CT molecular complexity index is 2180. The SMILES string of the molecule is CC(Sc1ccc(NC(=O)/C(=C/c2cccc3ccccc23)NC(=O)c2ccccc2)cc1)C(=O)Nc1nc(-c2ccc(Cl)c(Cl)c2)cs1. The molecular weight excluding hydrogens is 695 g/mol. The molecule has 5 aromatic carbocycles. The van der Waals surface area contributed by atoms with Crippen LogP contribution >= 0.6 is 46.3 Å². The summed E-state index contributed by atoms with van der Waals surface area (Å²) in [5, 5.41) is 13.3. The summed E-state index contributed by atoms with van der Waals surface area (Å²) >= 11 is 14.9. The Labute approximate surface area is 301 Å². The standard InChI is InChI=1S/C38H28Cl2N4O3S2/c1-23(35(45)44-38-43-34(22-48-38)27-14-19-31(39)32(40)20-27)49-29-17-15-28(16-18-29)41-37(47)33(42-36(46)25-9-3-2-4-10-25)21-26-12-7-11-24-8-5-6-13-30(24)26/h2-23H,1H3,(H,41,47)(H,42,46)(H,43,44,45)/b33-21-. The number of thiazole rings is 1. The van der Waals surface area contributed by atoms with Crippen molar-refractivity contribution < 1.29 is 14.4 Å². The highest BCUT2D eigenvalue weighted by Gasteiger charge is 2.18. The molecule has 0 bridgehead atoms. The second-order valence-electron chi connectivity index (χ2n) is 10.8. The van der Waals surface area contributed by atoms with E-state index in [0.717, 1.165) is 26.8 Å². The van der Waals surface area contributed by atoms with E-state index in [4.69, 9.17) is 23.2 Å². The fourth-order valence-corrected chi connectivity index (χ4v) is 6.76. The first-order chi connectivity index (χ1) is 23.7. The van der Waals surface area contributed by atoms with Gasteiger partial charge in [-0.05, 0) is 77.9 Å². The molecule has 0 saturated carbocycles. The van der Waals surface area contributed by atoms with E-state index in [1.54, 1.807) is 54.6 Å². The van der Waals surface area contributed by atoms with E-state index in [2.05, 4.69) is 20.9 Å². The molecular formula is C38H28Cl2N4O3S2. The summed E-state index contributed by atoms with van der Waals surface area (Å²) in [6.45, 7) is 1.81. The van der Waals surface area contributed by atoms with E-state index in [1.165, 1.54) is 23.1 Å². The molecule has 6 aromatic rings. The third-order valence-electron chi connectivity index (χ3n) is 7.40. The van der Waals surface area contributed by atoms with Crippen LogP contribution in [0.2, 0.25) is 10.0 Å². The number of amides is 3. The lowest BCUT2D eigenvalue weighted by Crippen LogP contribution is -2.30. The first kappa shape index (κ1) is 34.0. The Balaban J connectivity index is 1.12. The van der Waals surface area contributed by atoms with Gasteiger partial charge in [0.15, 0.2) is 5.13 Å². The van der Waals surface area contributed by atoms with Gasteiger partial charge in [-0.25, -0.2) is 4.98 Å². The number of nitrogens with one attached hydrogen (secondary N) is 3. The summed E-state index contributed by atoms with van der Waals surface area (Å²) in [6, 6.07) is 34.8. The maximum atomic E-state index is 13.6. The van der Waals surface area contributed by atoms with Gasteiger partial charge in [-0.1, -0.05) is 89.9 Å². The van der Waals surface area contributed by atoms with Crippen LogP contribution < -0.4 is 16.0 Å². The van der Waals surface area contributed by atoms with E-state index < -0.39 is 17.1 Å². The van der Waals surface area contributed by atoms with Gasteiger partial charge in [-0.15, -0.1) is 23.1 Å². The van der Waals surface area contributed by atoms with E-state index >= 15 is 0 Å². The number of benzene rings is 5. The van der Waals surface area contributed by atoms with Crippen molar-refractivity contribution in [1.82, 2.24) is 10.3 Å². The fraction of sp³-hybridized carbons (Fsp3) is 0.0526. The van der Waals surface area contributed by atoms with Crippen molar-refractivity contribution in [1.29, 1.82) is 0 Å². The molecule has 6 rings (SSSR count). The van der Waals surface area contributed by atoms with Crippen LogP contribution in [0.25, 0.3) is 28.1 Å². The minimum Gasteiger partial charge on any atom is -0.321 e. The van der Waals surface area contributed by atoms with Gasteiger partial charge >= 0.3 is 0 Å². The zero-order valence-electron chi connectivity index (χ0n) is 25.9. The van der Waals surface area contributed by atoms with E-state index in [1.807, 2.05) is 79.0 Å². The van der Waals surface area contributed by atoms with Crippen LogP contribution in [0, 0.1) is 0 Å². The summed E-state index contributed by atoms with van der Waals surface area (Å²) < 4.78 is 0. The predicted octanol–water partition coefficient (Wildman–Crippen LogP) is 9.80. The van der Waals surface area contributed by atoms with Gasteiger partial charge in [0, 0.05) is 27.1 Å². The Morgan fingerprint density at radius 3 is 2.33 bits per heavy atom. The summed E-state index contributed by atoms with van der Waals surface area (Å²) in [6.07, 6.45) is 1.68. The number of carbonyl (C=O) groups is 3. The first-order valence-electron chi connectivity index (χ1n) is 15.1. The number of anilines is 2. The van der Waals surface area contributed by atoms with Crippen molar-refractivity contribution in [2.75, 3.05) is 10.6 Å². The van der Waals surface area contributed by atoms with Crippen LogP contribution in [-0.4, -0.2) is 28.0 Å². The minimum absolute atomic E-state index is 0.0958. The highest BCUT2D eigenvalue weighted by atomic mass is 35.5. The molecule has 0 fully saturated rings. The largest absolute Gasteiger partial charge is 0.321 e. The molecule has 0 saturated heterocycles. The number of nitrogens with zero attached hydrogens (tertiary/aromatic N) is 1. The average Bonchev–Trinajstić information content (AvgIpc) is 3.58. The van der Waals surface area contributed by atoms with Crippen molar-refractivity contribution >= 4 is 91.7 Å². The van der Waals surface area contributed by atoms with Gasteiger partial charge in [0.05, 0.1) is 21.0 Å². The second-order valence-corrected chi connectivity index (χ2v) is 13.9. The number of thioether (sulfide) groups is 1. The summed E-state index contributed by atoms with van der Waals surface area (Å²) in [5.74, 6) is -1.08. The van der Waals surface area contributed by atoms with Crippen molar-refractivity contribution in [2.45, 2.75) is 17.1 Å². The number of hydrogen-bond donors (Lipinski definition) is 3. The Morgan fingerprint density at radius 2 is 1.55 bits per heavy atom. The van der Waals surface area contributed by atoms with Crippen molar-refractivity contribution in [3.05, 3.63) is 148 Å². The highest BCUT2D eigenvalue weighted by molar-refractivity contribution is 8.00. The third-order valence-corrected chi connectivity index (χ3v) is 10.0. The van der Waals surface area contributed by atoms with Crippen LogP contribution in [0.15, 0.2) is 131 Å². The molecule has 3 amide bonds. The lowest BCUT2D eigenvalue weighted by Gasteiger charge is -2.13. The molecule has 1 heterocycles. The van der Waals surface area contributed by atoms with Gasteiger partial charge in [0.2, 0.25) is 5.91 Å². The molecule has 0 aliphatic heterocycles. The number of fused-ring (bicyclic) bond motifs is 1. The van der Waals surface area contributed by atoms with Crippen LogP contribution in [0.3, 0.4) is 0 Å². The molecule has 1 aromatic heterocycles. The van der Waals surface area contributed by atoms with Crippen LogP contribution in [-0.2, 0) is 9.59 Å². The van der Waals surface area contributed by atoms with Gasteiger partial charge < -0.3 is 16.0 Å². The zero-order chi connectivity index (χ0) is 34.3. The topological polar surface area (TPSA) is 100 Å². The van der Waals surface area contributed by atoms with Crippen LogP contribution in [0.5, 0.6) is 0 Å². The molecule has 0 radical (unpaired) electrons. The van der Waals surface area contributed by atoms with E-state index in [9.17, 15) is 14.4 Å². The maximum Gasteiger partial charge on any atom is 0.272 e. The predicted molar refractivity (Wildman–Crippen MR) is 202 cm³/mol. The number of aromatic nitrogens is 1. The molecule has 0 spiro atoms. The molecule has 1 unspecified atom stereocenters. The smallest absolute Gasteiger partial charge is 0.272 e. The zero-order valence-corrected chi connectivity index (χ0v) is 29.1. The minimum atomic E-state index is -0.478. The van der Waals surface area contributed by atoms with E-state index in [-0.39, 0.29) is 11.6 Å². The Morgan fingerprint density at radius 1 is 0.816 bits per heavy atom. The van der Waals surface area contributed by atoms with E-state index in [0.29, 0.717) is 32.1 Å². The Hall–Kier alpha value is -4.93. The van der Waals surface area contributed by atoms with Crippen LogP contribution in [0.4, 0.5) is 10.8 Å². The molecule has 11 heteroatoms. The van der Waals surface area contributed by atoms with Crippen LogP contribution in [0.1, 0.15) is 22.8 Å². The Kier molecular flexibility index (Phi) is 10.8. The maximum absolute atomic E-state index is 13.6. The van der Waals surface area contributed by atoms with Crippen molar-refractivity contribution in [2.24, 2.45) is 0 Å². The quantitative estimate of drug-likeness (QED) is 0.0966. The summed E-state index contributed by atoms with van der Waals surface area (Å²) in [5.41, 5.74) is 3.33. The monoisotopic (exact) mass is 722 g/mol. The lowest BCUT2D eigenvalue weighted by atomic mass is 10.0. The lowest BCUT2D eigenvalue weighted by molar-refractivity contribution is -0.115. The molecule has 244 valence electrons. The number of carbonyl (C=O) groups excluding carboxylic acids is 3. The number of rotatable bonds is 10. The second kappa shape index (κ2) is 15.5. The highest BCUT2D eigenvalue weighted by Crippen LogP contribution is 2.31. The van der Waals surface area contributed by atoms with Gasteiger partial charge in [-0.3, -0.25) is 14.4 Å². The number of hydrogen-bond acceptors (Lipinski definition) is 6. The normalized spacial score (nSPS) is 11.9. The molecule has 1 atom stereocenters. The fourth-order valence-electron chi connectivity index (χ4n) is 4.87. The van der Waals surface area contributed by atoms with Crippen molar-refractivity contribution in [3.8, 4) is 11.3 Å². The third kappa shape index (κ3) is 8.57. The average molecular weight is 724 g/mol. The van der Waals surface area contributed by atoms with Crippen molar-refractivity contribution in [3.63, 3.8) is 0 Å². The summed E-state index contributed by atoms with van der Waals surface area (Å²) in [4.78, 5) is 45.0. The first-order valence-corrected chi connectivity index (χ1v) is 17.6. The molecule has 49 heavy (non-hydrogen) atoms.